The predicted molar refractivity (Wildman–Crippen MR) is 283 cm³/mol. The van der Waals surface area contributed by atoms with Gasteiger partial charge in [0.25, 0.3) is 0 Å². The van der Waals surface area contributed by atoms with Crippen molar-refractivity contribution in [3.05, 3.63) is 0 Å². The van der Waals surface area contributed by atoms with Crippen molar-refractivity contribution in [1.29, 1.82) is 0 Å². The average Bonchev–Trinajstić information content (AvgIpc) is 3.35. The lowest BCUT2D eigenvalue weighted by atomic mass is 10.1. The molecule has 0 aliphatic heterocycles. The molecule has 420 valence electrons. The maximum atomic E-state index is 11.7. The molecule has 0 rings (SSSR count). The highest BCUT2D eigenvalue weighted by molar-refractivity contribution is 5.71. The molecule has 0 bridgehead atoms. The summed E-state index contributed by atoms with van der Waals surface area (Å²) in [6.45, 7) is 14.1. The predicted octanol–water partition coefficient (Wildman–Crippen LogP) is 13.5. The topological polar surface area (TPSA) is 198 Å². The monoisotopic (exact) mass is 1020 g/mol. The first-order valence-corrected chi connectivity index (χ1v) is 28.6. The third-order valence-corrected chi connectivity index (χ3v) is 11.6. The summed E-state index contributed by atoms with van der Waals surface area (Å²) in [4.78, 5) is 69.8. The van der Waals surface area contributed by atoms with Gasteiger partial charge in [-0.3, -0.25) is 28.8 Å². The van der Waals surface area contributed by atoms with Crippen LogP contribution in [0.4, 0.5) is 0 Å². The molecule has 0 aromatic carbocycles. The van der Waals surface area contributed by atoms with Crippen LogP contribution in [0.1, 0.15) is 280 Å². The van der Waals surface area contributed by atoms with Crippen molar-refractivity contribution >= 4 is 35.8 Å². The number of carbonyl (C=O) groups is 6. The van der Waals surface area contributed by atoms with E-state index in [4.69, 9.17) is 28.4 Å². The molecule has 3 unspecified atom stereocenters. The Hall–Kier alpha value is -3.26. The van der Waals surface area contributed by atoms with Crippen LogP contribution in [0.2, 0.25) is 0 Å². The van der Waals surface area contributed by atoms with E-state index in [0.29, 0.717) is 38.5 Å². The molecule has 3 atom stereocenters. The van der Waals surface area contributed by atoms with Gasteiger partial charge in [-0.1, -0.05) is 196 Å². The number of unbranched alkanes of at least 4 members (excludes halogenated alkanes) is 24. The number of hydrogen-bond acceptors (Lipinski definition) is 14. The minimum atomic E-state index is -0.753. The molecule has 0 fully saturated rings. The van der Waals surface area contributed by atoms with Crippen LogP contribution in [0.15, 0.2) is 0 Å². The summed E-state index contributed by atoms with van der Waals surface area (Å²) < 4.78 is 30.9. The van der Waals surface area contributed by atoms with Crippen LogP contribution < -0.4 is 0 Å². The Balaban J connectivity index is -0.000000977. The van der Waals surface area contributed by atoms with E-state index in [-0.39, 0.29) is 75.0 Å². The van der Waals surface area contributed by atoms with Crippen LogP contribution in [-0.4, -0.2) is 97.4 Å². The summed E-state index contributed by atoms with van der Waals surface area (Å²) in [5.74, 6) is -1.63. The number of aliphatic hydroxyl groups is 2. The van der Waals surface area contributed by atoms with Crippen molar-refractivity contribution in [2.45, 2.75) is 298 Å². The van der Waals surface area contributed by atoms with Crippen molar-refractivity contribution in [3.63, 3.8) is 0 Å². The third-order valence-electron chi connectivity index (χ3n) is 11.6. The first-order valence-electron chi connectivity index (χ1n) is 28.6. The molecule has 0 radical (unpaired) electrons. The van der Waals surface area contributed by atoms with Crippen molar-refractivity contribution < 1.29 is 67.4 Å². The Kier molecular flexibility index (Phi) is 58.4. The molecule has 2 N–H and O–H groups in total. The second-order valence-electron chi connectivity index (χ2n) is 18.9. The number of esters is 6. The standard InChI is InChI=1S/2C19H36O5.C19H36O4/c2*1-3-5-7-9-11-13-18(21)23-16-17(15-20)24-19(22)14-12-10-8-6-4-2;1-4-6-8-10-12-14-18(20)22-16-17(3)23-19(21)15-13-11-9-7-5-2/h2*17,20H,3-16H2,1-2H3;17H,4-16H2,1-3H3. The van der Waals surface area contributed by atoms with E-state index in [1.54, 1.807) is 6.92 Å². The lowest BCUT2D eigenvalue weighted by Gasteiger charge is -2.15. The summed E-state index contributed by atoms with van der Waals surface area (Å²) in [5.41, 5.74) is 0. The summed E-state index contributed by atoms with van der Waals surface area (Å²) in [7, 11) is 0. The van der Waals surface area contributed by atoms with Gasteiger partial charge in [-0.15, -0.1) is 0 Å². The smallest absolute Gasteiger partial charge is 0.306 e. The van der Waals surface area contributed by atoms with Gasteiger partial charge in [0.05, 0.1) is 13.2 Å². The maximum absolute atomic E-state index is 11.7. The molecule has 0 saturated carbocycles. The van der Waals surface area contributed by atoms with Gasteiger partial charge in [0.2, 0.25) is 0 Å². The van der Waals surface area contributed by atoms with Gasteiger partial charge >= 0.3 is 35.8 Å². The Labute approximate surface area is 432 Å². The zero-order valence-electron chi connectivity index (χ0n) is 46.5. The summed E-state index contributed by atoms with van der Waals surface area (Å²) in [6, 6.07) is 0. The SMILES string of the molecule is CCCCCCCC(=O)OCC(C)OC(=O)CCCCCCC.CCCCCCCC(=O)OCC(CO)OC(=O)CCCCCCC.CCCCCCCC(=O)OCC(CO)OC(=O)CCCCCCC. The van der Waals surface area contributed by atoms with E-state index in [1.165, 1.54) is 89.9 Å². The highest BCUT2D eigenvalue weighted by Crippen LogP contribution is 2.12. The number of aliphatic hydroxyl groups excluding tert-OH is 2. The first kappa shape index (κ1) is 72.0. The number of carbonyl (C=O) groups excluding carboxylic acids is 6. The number of ether oxygens (including phenoxy) is 6. The Morgan fingerprint density at radius 1 is 0.296 bits per heavy atom. The molecule has 0 aromatic rings. The lowest BCUT2D eigenvalue weighted by Crippen LogP contribution is -2.28. The molecular weight excluding hydrogens is 909 g/mol. The van der Waals surface area contributed by atoms with Gasteiger partial charge < -0.3 is 38.6 Å². The molecular formula is C57H108O14. The van der Waals surface area contributed by atoms with Crippen LogP contribution in [0.3, 0.4) is 0 Å². The van der Waals surface area contributed by atoms with Gasteiger partial charge in [-0.25, -0.2) is 0 Å². The first-order chi connectivity index (χ1) is 34.4. The zero-order valence-corrected chi connectivity index (χ0v) is 46.5. The fourth-order valence-electron chi connectivity index (χ4n) is 7.09. The molecule has 0 aliphatic rings. The molecule has 0 aliphatic carbocycles. The fourth-order valence-corrected chi connectivity index (χ4v) is 7.09. The average molecular weight is 1020 g/mol. The third kappa shape index (κ3) is 57.5. The largest absolute Gasteiger partial charge is 0.462 e. The Bertz CT molecular complexity index is 1170. The lowest BCUT2D eigenvalue weighted by molar-refractivity contribution is -0.161. The summed E-state index contributed by atoms with van der Waals surface area (Å²) in [6.07, 6.45) is 32.9. The normalized spacial score (nSPS) is 12.0. The molecule has 14 nitrogen and oxygen atoms in total. The van der Waals surface area contributed by atoms with Crippen LogP contribution in [0, 0.1) is 0 Å². The van der Waals surface area contributed by atoms with Crippen molar-refractivity contribution in [1.82, 2.24) is 0 Å². The second kappa shape index (κ2) is 57.6. The van der Waals surface area contributed by atoms with Crippen molar-refractivity contribution in [2.75, 3.05) is 33.0 Å². The quantitative estimate of drug-likeness (QED) is 0.0331. The number of rotatable bonds is 47. The van der Waals surface area contributed by atoms with Gasteiger partial charge in [0, 0.05) is 38.5 Å². The van der Waals surface area contributed by atoms with E-state index < -0.39 is 12.2 Å². The summed E-state index contributed by atoms with van der Waals surface area (Å²) >= 11 is 0. The molecule has 14 heteroatoms. The minimum Gasteiger partial charge on any atom is -0.462 e. The van der Waals surface area contributed by atoms with Crippen LogP contribution in [0.5, 0.6) is 0 Å². The highest BCUT2D eigenvalue weighted by Gasteiger charge is 2.18. The highest BCUT2D eigenvalue weighted by atomic mass is 16.6. The maximum Gasteiger partial charge on any atom is 0.306 e. The second-order valence-corrected chi connectivity index (χ2v) is 18.9. The van der Waals surface area contributed by atoms with Crippen LogP contribution >= 0.6 is 0 Å². The van der Waals surface area contributed by atoms with Gasteiger partial charge in [-0.05, 0) is 45.4 Å². The van der Waals surface area contributed by atoms with E-state index in [1.807, 2.05) is 0 Å². The van der Waals surface area contributed by atoms with E-state index in [2.05, 4.69) is 41.5 Å². The zero-order chi connectivity index (χ0) is 53.4. The number of hydrogen-bond donors (Lipinski definition) is 2. The Morgan fingerprint density at radius 2 is 0.507 bits per heavy atom. The Morgan fingerprint density at radius 3 is 0.746 bits per heavy atom. The van der Waals surface area contributed by atoms with E-state index in [9.17, 15) is 39.0 Å². The molecule has 71 heavy (non-hydrogen) atoms. The molecule has 0 amide bonds. The van der Waals surface area contributed by atoms with Crippen molar-refractivity contribution in [3.8, 4) is 0 Å². The summed E-state index contributed by atoms with van der Waals surface area (Å²) in [5, 5.41) is 18.5. The van der Waals surface area contributed by atoms with Crippen molar-refractivity contribution in [2.24, 2.45) is 0 Å². The van der Waals surface area contributed by atoms with Gasteiger partial charge in [-0.2, -0.15) is 0 Å². The van der Waals surface area contributed by atoms with E-state index in [0.717, 1.165) is 103 Å². The molecule has 0 saturated heterocycles. The van der Waals surface area contributed by atoms with Gasteiger partial charge in [0.15, 0.2) is 12.2 Å². The molecule has 0 aromatic heterocycles. The minimum absolute atomic E-state index is 0.0636. The van der Waals surface area contributed by atoms with Crippen LogP contribution in [0.25, 0.3) is 0 Å². The molecule has 0 spiro atoms. The van der Waals surface area contributed by atoms with Gasteiger partial charge in [0.1, 0.15) is 25.9 Å². The molecule has 0 heterocycles. The van der Waals surface area contributed by atoms with Crippen LogP contribution in [-0.2, 0) is 57.2 Å². The fraction of sp³-hybridized carbons (Fsp3) is 0.895. The van der Waals surface area contributed by atoms with E-state index >= 15 is 0 Å².